The van der Waals surface area contributed by atoms with E-state index in [-0.39, 0.29) is 0 Å². The van der Waals surface area contributed by atoms with Gasteiger partial charge in [-0.25, -0.2) is 4.98 Å². The zero-order valence-electron chi connectivity index (χ0n) is 12.4. The molecular weight excluding hydrogens is 246 g/mol. The Morgan fingerprint density at radius 1 is 1.35 bits per heavy atom. The molecule has 3 nitrogen and oxygen atoms in total. The molecule has 3 heteroatoms. The molecule has 1 aliphatic carbocycles. The third kappa shape index (κ3) is 2.73. The Morgan fingerprint density at radius 2 is 2.20 bits per heavy atom. The smallest absolute Gasteiger partial charge is 0.137 e. The first kappa shape index (κ1) is 13.6. The van der Waals surface area contributed by atoms with Gasteiger partial charge in [0.25, 0.3) is 0 Å². The molecule has 2 aromatic heterocycles. The number of H-pyrrole nitrogens is 1. The van der Waals surface area contributed by atoms with E-state index in [2.05, 4.69) is 40.7 Å². The van der Waals surface area contributed by atoms with Crippen LogP contribution >= 0.6 is 0 Å². The van der Waals surface area contributed by atoms with Gasteiger partial charge in [0.2, 0.25) is 0 Å². The van der Waals surface area contributed by atoms with E-state index in [0.29, 0.717) is 5.92 Å². The molecule has 2 N–H and O–H groups in total. The lowest BCUT2D eigenvalue weighted by Gasteiger charge is -2.30. The largest absolute Gasteiger partial charge is 0.346 e. The molecule has 1 unspecified atom stereocenters. The Labute approximate surface area is 121 Å². The van der Waals surface area contributed by atoms with Gasteiger partial charge in [-0.15, -0.1) is 0 Å². The molecule has 1 fully saturated rings. The van der Waals surface area contributed by atoms with Crippen LogP contribution < -0.4 is 5.32 Å². The number of hydrogen-bond acceptors (Lipinski definition) is 2. The zero-order chi connectivity index (χ0) is 13.8. The number of aromatic amines is 1. The molecule has 0 amide bonds. The van der Waals surface area contributed by atoms with Crippen LogP contribution in [-0.2, 0) is 0 Å². The molecule has 20 heavy (non-hydrogen) atoms. The highest BCUT2D eigenvalue weighted by Gasteiger charge is 2.26. The quantitative estimate of drug-likeness (QED) is 0.867. The fourth-order valence-electron chi connectivity index (χ4n) is 3.77. The summed E-state index contributed by atoms with van der Waals surface area (Å²) < 4.78 is 0. The zero-order valence-corrected chi connectivity index (χ0v) is 12.4. The number of pyridine rings is 1. The number of nitrogens with zero attached hydrogens (tertiary/aromatic N) is 1. The van der Waals surface area contributed by atoms with Gasteiger partial charge in [0.05, 0.1) is 0 Å². The van der Waals surface area contributed by atoms with E-state index >= 15 is 0 Å². The van der Waals surface area contributed by atoms with Gasteiger partial charge in [-0.2, -0.15) is 0 Å². The van der Waals surface area contributed by atoms with Crippen molar-refractivity contribution < 1.29 is 0 Å². The molecule has 0 radical (unpaired) electrons. The van der Waals surface area contributed by atoms with E-state index in [1.54, 1.807) is 0 Å². The number of hydrogen-bond donors (Lipinski definition) is 2. The molecular formula is C17H25N3. The van der Waals surface area contributed by atoms with Gasteiger partial charge in [-0.1, -0.05) is 19.3 Å². The van der Waals surface area contributed by atoms with Crippen molar-refractivity contribution in [1.82, 2.24) is 15.3 Å². The summed E-state index contributed by atoms with van der Waals surface area (Å²) in [6, 6.07) is 4.26. The molecule has 0 spiro atoms. The van der Waals surface area contributed by atoms with E-state index in [1.807, 2.05) is 6.20 Å². The normalized spacial score (nSPS) is 18.4. The number of fused-ring (bicyclic) bond motifs is 1. The maximum absolute atomic E-state index is 4.44. The highest BCUT2D eigenvalue weighted by atomic mass is 14.8. The molecule has 0 aromatic carbocycles. The Morgan fingerprint density at radius 3 is 3.00 bits per heavy atom. The minimum atomic E-state index is 0.667. The average molecular weight is 271 g/mol. The molecule has 0 saturated heterocycles. The van der Waals surface area contributed by atoms with Crippen LogP contribution in [0.3, 0.4) is 0 Å². The van der Waals surface area contributed by atoms with Crippen LogP contribution in [0.5, 0.6) is 0 Å². The molecule has 0 aliphatic heterocycles. The van der Waals surface area contributed by atoms with Crippen LogP contribution in [0.1, 0.15) is 50.0 Å². The first-order valence-electron chi connectivity index (χ1n) is 7.96. The second kappa shape index (κ2) is 6.40. The summed E-state index contributed by atoms with van der Waals surface area (Å²) in [4.78, 5) is 7.79. The summed E-state index contributed by atoms with van der Waals surface area (Å²) in [5, 5.41) is 4.64. The van der Waals surface area contributed by atoms with E-state index < -0.39 is 0 Å². The molecule has 0 bridgehead atoms. The van der Waals surface area contributed by atoms with Gasteiger partial charge >= 0.3 is 0 Å². The predicted octanol–water partition coefficient (Wildman–Crippen LogP) is 3.84. The molecule has 1 aliphatic rings. The van der Waals surface area contributed by atoms with Gasteiger partial charge in [-0.05, 0) is 62.4 Å². The summed E-state index contributed by atoms with van der Waals surface area (Å²) in [5.41, 5.74) is 2.52. The monoisotopic (exact) mass is 271 g/mol. The molecule has 3 rings (SSSR count). The highest BCUT2D eigenvalue weighted by Crippen LogP contribution is 2.40. The van der Waals surface area contributed by atoms with Crippen molar-refractivity contribution in [1.29, 1.82) is 0 Å². The van der Waals surface area contributed by atoms with E-state index in [4.69, 9.17) is 0 Å². The standard InChI is InChI=1S/C17H25N3/c1-18-11-9-14(13-6-3-2-4-7-13)16-12-20-17-15(16)8-5-10-19-17/h5,8,10,12-14,18H,2-4,6-7,9,11H2,1H3,(H,19,20). The number of nitrogens with one attached hydrogen (secondary N) is 2. The van der Waals surface area contributed by atoms with Crippen LogP contribution in [-0.4, -0.2) is 23.6 Å². The van der Waals surface area contributed by atoms with Gasteiger partial charge in [0.15, 0.2) is 0 Å². The van der Waals surface area contributed by atoms with Crippen molar-refractivity contribution in [2.45, 2.75) is 44.4 Å². The Bertz CT molecular complexity index is 540. The van der Waals surface area contributed by atoms with Crippen molar-refractivity contribution in [2.24, 2.45) is 5.92 Å². The van der Waals surface area contributed by atoms with Crippen molar-refractivity contribution >= 4 is 11.0 Å². The second-order valence-electron chi connectivity index (χ2n) is 6.04. The summed E-state index contributed by atoms with van der Waals surface area (Å²) in [5.74, 6) is 1.51. The lowest BCUT2D eigenvalue weighted by atomic mass is 9.75. The summed E-state index contributed by atoms with van der Waals surface area (Å²) in [6.45, 7) is 1.09. The van der Waals surface area contributed by atoms with Crippen molar-refractivity contribution in [3.05, 3.63) is 30.1 Å². The SMILES string of the molecule is CNCCC(c1c[nH]c2ncccc12)C1CCCCC1. The summed E-state index contributed by atoms with van der Waals surface area (Å²) in [6.07, 6.45) is 12.3. The molecule has 2 aromatic rings. The van der Waals surface area contributed by atoms with Crippen LogP contribution in [0.25, 0.3) is 11.0 Å². The third-order valence-electron chi connectivity index (χ3n) is 4.81. The first-order valence-corrected chi connectivity index (χ1v) is 7.96. The minimum absolute atomic E-state index is 0.667. The van der Waals surface area contributed by atoms with E-state index in [0.717, 1.165) is 18.1 Å². The third-order valence-corrected chi connectivity index (χ3v) is 4.81. The molecule has 1 saturated carbocycles. The van der Waals surface area contributed by atoms with Gasteiger partial charge < -0.3 is 10.3 Å². The maximum atomic E-state index is 4.44. The number of aromatic nitrogens is 2. The molecule has 2 heterocycles. The second-order valence-corrected chi connectivity index (χ2v) is 6.04. The topological polar surface area (TPSA) is 40.7 Å². The minimum Gasteiger partial charge on any atom is -0.346 e. The summed E-state index contributed by atoms with van der Waals surface area (Å²) >= 11 is 0. The van der Waals surface area contributed by atoms with E-state index in [1.165, 1.54) is 49.5 Å². The first-order chi connectivity index (χ1) is 9.90. The molecule has 1 atom stereocenters. The predicted molar refractivity (Wildman–Crippen MR) is 84.0 cm³/mol. The van der Waals surface area contributed by atoms with Gasteiger partial charge in [0.1, 0.15) is 5.65 Å². The Hall–Kier alpha value is -1.35. The summed E-state index contributed by atoms with van der Waals surface area (Å²) in [7, 11) is 2.05. The highest BCUT2D eigenvalue weighted by molar-refractivity contribution is 5.80. The van der Waals surface area contributed by atoms with E-state index in [9.17, 15) is 0 Å². The van der Waals surface area contributed by atoms with Crippen LogP contribution in [0.4, 0.5) is 0 Å². The lowest BCUT2D eigenvalue weighted by molar-refractivity contribution is 0.294. The molecule has 108 valence electrons. The number of rotatable bonds is 5. The lowest BCUT2D eigenvalue weighted by Crippen LogP contribution is -2.20. The van der Waals surface area contributed by atoms with Gasteiger partial charge in [-0.3, -0.25) is 0 Å². The van der Waals surface area contributed by atoms with Gasteiger partial charge in [0, 0.05) is 17.8 Å². The van der Waals surface area contributed by atoms with Crippen LogP contribution in [0.2, 0.25) is 0 Å². The Balaban J connectivity index is 1.90. The van der Waals surface area contributed by atoms with Crippen LogP contribution in [0.15, 0.2) is 24.5 Å². The fraction of sp³-hybridized carbons (Fsp3) is 0.588. The average Bonchev–Trinajstić information content (AvgIpc) is 2.93. The van der Waals surface area contributed by atoms with Crippen molar-refractivity contribution in [3.8, 4) is 0 Å². The maximum Gasteiger partial charge on any atom is 0.137 e. The fourth-order valence-corrected chi connectivity index (χ4v) is 3.77. The van der Waals surface area contributed by atoms with Crippen molar-refractivity contribution in [2.75, 3.05) is 13.6 Å². The van der Waals surface area contributed by atoms with Crippen LogP contribution in [0, 0.1) is 5.92 Å². The Kier molecular flexibility index (Phi) is 4.36. The van der Waals surface area contributed by atoms with Crippen molar-refractivity contribution in [3.63, 3.8) is 0 Å².